The first-order valence-corrected chi connectivity index (χ1v) is 9.54. The Hall–Kier alpha value is -0.910. The fraction of sp³-hybridized carbons (Fsp3) is 0.647. The second-order valence-electron chi connectivity index (χ2n) is 6.66. The second kappa shape index (κ2) is 6.54. The molecular formula is C17H25ClN4S. The van der Waals surface area contributed by atoms with E-state index in [4.69, 9.17) is 27.7 Å². The third kappa shape index (κ3) is 3.06. The highest BCUT2D eigenvalue weighted by atomic mass is 35.5. The highest BCUT2D eigenvalue weighted by Gasteiger charge is 2.33. The van der Waals surface area contributed by atoms with Crippen LogP contribution in [0.3, 0.4) is 0 Å². The van der Waals surface area contributed by atoms with Crippen molar-refractivity contribution >= 4 is 39.5 Å². The van der Waals surface area contributed by atoms with Crippen LogP contribution in [0, 0.1) is 25.2 Å². The summed E-state index contributed by atoms with van der Waals surface area (Å²) in [6, 6.07) is 0. The Labute approximate surface area is 147 Å². The Morgan fingerprint density at radius 2 is 1.96 bits per heavy atom. The minimum atomic E-state index is -0.259. The molecule has 0 saturated heterocycles. The molecule has 0 spiro atoms. The van der Waals surface area contributed by atoms with E-state index < -0.39 is 0 Å². The molecular weight excluding hydrogens is 328 g/mol. The first kappa shape index (κ1) is 16.9. The van der Waals surface area contributed by atoms with Gasteiger partial charge in [-0.2, -0.15) is 0 Å². The fourth-order valence-corrected chi connectivity index (χ4v) is 5.17. The standard InChI is InChI=1S/C17H25ClN4S/c1-9-10(2)23-17-15(9)16(12-4-6-13(18)7-5-12)21-8-14(20)22(17)11(3)19/h12-14,19H,4-8,20H2,1-3H3. The Balaban J connectivity index is 2.07. The number of hydrogen-bond donors (Lipinski definition) is 2. The first-order valence-electron chi connectivity index (χ1n) is 8.28. The van der Waals surface area contributed by atoms with Crippen molar-refractivity contribution in [2.75, 3.05) is 11.4 Å². The zero-order valence-corrected chi connectivity index (χ0v) is 15.6. The summed E-state index contributed by atoms with van der Waals surface area (Å²) in [6.07, 6.45) is 4.05. The molecule has 1 fully saturated rings. The fourth-order valence-electron chi connectivity index (χ4n) is 3.64. The number of anilines is 1. The number of halogens is 1. The number of amidine groups is 1. The van der Waals surface area contributed by atoms with Gasteiger partial charge in [0.25, 0.3) is 0 Å². The minimum Gasteiger partial charge on any atom is -0.309 e. The topological polar surface area (TPSA) is 65.5 Å². The van der Waals surface area contributed by atoms with Crippen molar-refractivity contribution < 1.29 is 0 Å². The molecule has 6 heteroatoms. The van der Waals surface area contributed by atoms with E-state index >= 15 is 0 Å². The van der Waals surface area contributed by atoms with Crippen LogP contribution in [0.25, 0.3) is 0 Å². The van der Waals surface area contributed by atoms with Crippen LogP contribution in [0.5, 0.6) is 0 Å². The largest absolute Gasteiger partial charge is 0.309 e. The van der Waals surface area contributed by atoms with Gasteiger partial charge in [0.2, 0.25) is 0 Å². The predicted octanol–water partition coefficient (Wildman–Crippen LogP) is 4.05. The third-order valence-corrected chi connectivity index (χ3v) is 6.67. The number of nitrogens with one attached hydrogen (secondary N) is 1. The average molecular weight is 353 g/mol. The molecule has 2 heterocycles. The number of thiophene rings is 1. The molecule has 23 heavy (non-hydrogen) atoms. The van der Waals surface area contributed by atoms with Crippen LogP contribution in [0.2, 0.25) is 0 Å². The van der Waals surface area contributed by atoms with Gasteiger partial charge in [0.05, 0.1) is 12.4 Å². The highest BCUT2D eigenvalue weighted by Crippen LogP contribution is 2.41. The Morgan fingerprint density at radius 3 is 2.57 bits per heavy atom. The highest BCUT2D eigenvalue weighted by molar-refractivity contribution is 7.17. The van der Waals surface area contributed by atoms with Gasteiger partial charge in [0, 0.05) is 27.4 Å². The Morgan fingerprint density at radius 1 is 1.30 bits per heavy atom. The molecule has 3 N–H and O–H groups in total. The van der Waals surface area contributed by atoms with E-state index in [9.17, 15) is 0 Å². The lowest BCUT2D eigenvalue weighted by Gasteiger charge is -2.28. The van der Waals surface area contributed by atoms with Crippen LogP contribution < -0.4 is 10.6 Å². The molecule has 1 aliphatic carbocycles. The zero-order chi connectivity index (χ0) is 16.7. The van der Waals surface area contributed by atoms with Crippen molar-refractivity contribution in [2.45, 2.75) is 58.0 Å². The quantitative estimate of drug-likeness (QED) is 0.455. The molecule has 1 aliphatic heterocycles. The lowest BCUT2D eigenvalue weighted by molar-refractivity contribution is 0.444. The minimum absolute atomic E-state index is 0.259. The van der Waals surface area contributed by atoms with Crippen LogP contribution in [-0.4, -0.2) is 29.6 Å². The number of hydrogen-bond acceptors (Lipinski definition) is 4. The SMILES string of the molecule is CC(=N)N1c2sc(C)c(C)c2C(C2CCC(Cl)CC2)=NCC1N. The van der Waals surface area contributed by atoms with Crippen molar-refractivity contribution in [1.29, 1.82) is 5.41 Å². The van der Waals surface area contributed by atoms with Crippen molar-refractivity contribution in [3.05, 3.63) is 16.0 Å². The molecule has 3 rings (SSSR count). The van der Waals surface area contributed by atoms with Gasteiger partial charge in [-0.05, 0) is 52.0 Å². The van der Waals surface area contributed by atoms with Gasteiger partial charge in [-0.3, -0.25) is 10.4 Å². The lowest BCUT2D eigenvalue weighted by Crippen LogP contribution is -2.46. The summed E-state index contributed by atoms with van der Waals surface area (Å²) in [7, 11) is 0. The molecule has 1 atom stereocenters. The van der Waals surface area contributed by atoms with E-state index in [0.29, 0.717) is 23.7 Å². The number of nitrogens with zero attached hydrogens (tertiary/aromatic N) is 2. The molecule has 126 valence electrons. The molecule has 0 aromatic carbocycles. The monoisotopic (exact) mass is 352 g/mol. The number of rotatable bonds is 1. The number of aryl methyl sites for hydroxylation is 1. The van der Waals surface area contributed by atoms with Gasteiger partial charge >= 0.3 is 0 Å². The molecule has 4 nitrogen and oxygen atoms in total. The first-order chi connectivity index (χ1) is 10.9. The van der Waals surface area contributed by atoms with E-state index in [1.54, 1.807) is 18.3 Å². The maximum absolute atomic E-state index is 8.15. The van der Waals surface area contributed by atoms with E-state index in [0.717, 1.165) is 30.7 Å². The van der Waals surface area contributed by atoms with Gasteiger partial charge in [-0.25, -0.2) is 0 Å². The van der Waals surface area contributed by atoms with E-state index in [-0.39, 0.29) is 6.17 Å². The molecule has 0 bridgehead atoms. The van der Waals surface area contributed by atoms with E-state index in [1.165, 1.54) is 21.7 Å². The van der Waals surface area contributed by atoms with Gasteiger partial charge in [-0.1, -0.05) is 0 Å². The number of alkyl halides is 1. The zero-order valence-electron chi connectivity index (χ0n) is 14.0. The van der Waals surface area contributed by atoms with Crippen LogP contribution >= 0.6 is 22.9 Å². The number of nitrogens with two attached hydrogens (primary N) is 1. The summed E-state index contributed by atoms with van der Waals surface area (Å²) in [5, 5.41) is 9.56. The predicted molar refractivity (Wildman–Crippen MR) is 101 cm³/mol. The van der Waals surface area contributed by atoms with Crippen LogP contribution in [0.15, 0.2) is 4.99 Å². The Kier molecular flexibility index (Phi) is 4.81. The number of fused-ring (bicyclic) bond motifs is 1. The van der Waals surface area contributed by atoms with Crippen molar-refractivity contribution in [3.8, 4) is 0 Å². The maximum atomic E-state index is 8.15. The molecule has 1 aromatic rings. The summed E-state index contributed by atoms with van der Waals surface area (Å²) < 4.78 is 0. The van der Waals surface area contributed by atoms with Gasteiger partial charge in [0.1, 0.15) is 11.2 Å². The molecule has 1 unspecified atom stereocenters. The Bertz CT molecular complexity index is 643. The van der Waals surface area contributed by atoms with E-state index in [2.05, 4.69) is 13.8 Å². The normalized spacial score (nSPS) is 28.1. The summed E-state index contributed by atoms with van der Waals surface area (Å²) in [4.78, 5) is 8.15. The second-order valence-corrected chi connectivity index (χ2v) is 8.48. The number of aliphatic imine (C=N–C) groups is 1. The van der Waals surface area contributed by atoms with Crippen LogP contribution in [0.4, 0.5) is 5.00 Å². The summed E-state index contributed by atoms with van der Waals surface area (Å²) in [6.45, 7) is 6.66. The van der Waals surface area contributed by atoms with Crippen LogP contribution in [0.1, 0.15) is 48.6 Å². The van der Waals surface area contributed by atoms with Crippen LogP contribution in [-0.2, 0) is 0 Å². The van der Waals surface area contributed by atoms with Gasteiger partial charge in [0.15, 0.2) is 0 Å². The molecule has 1 saturated carbocycles. The van der Waals surface area contributed by atoms with E-state index in [1.807, 2.05) is 4.90 Å². The van der Waals surface area contributed by atoms with Gasteiger partial charge in [-0.15, -0.1) is 22.9 Å². The molecule has 2 aliphatic rings. The maximum Gasteiger partial charge on any atom is 0.107 e. The van der Waals surface area contributed by atoms with Crippen molar-refractivity contribution in [1.82, 2.24) is 0 Å². The average Bonchev–Trinajstić information content (AvgIpc) is 2.68. The molecule has 0 amide bonds. The van der Waals surface area contributed by atoms with Crippen molar-refractivity contribution in [3.63, 3.8) is 0 Å². The smallest absolute Gasteiger partial charge is 0.107 e. The third-order valence-electron chi connectivity index (χ3n) is 5.03. The molecule has 0 radical (unpaired) electrons. The lowest BCUT2D eigenvalue weighted by atomic mass is 9.82. The summed E-state index contributed by atoms with van der Waals surface area (Å²) >= 11 is 8.02. The molecule has 1 aromatic heterocycles. The van der Waals surface area contributed by atoms with Gasteiger partial charge < -0.3 is 10.6 Å². The summed E-state index contributed by atoms with van der Waals surface area (Å²) in [5.74, 6) is 0.954. The summed E-state index contributed by atoms with van der Waals surface area (Å²) in [5.41, 5.74) is 10.0. The van der Waals surface area contributed by atoms with Crippen molar-refractivity contribution in [2.24, 2.45) is 16.6 Å².